The van der Waals surface area contributed by atoms with Crippen LogP contribution in [0.2, 0.25) is 0 Å². The number of aliphatic hydroxyl groups excluding tert-OH is 1. The minimum Gasteiger partial charge on any atom is -0.392 e. The molecule has 6 heteroatoms. The molecule has 0 bridgehead atoms. The Bertz CT molecular complexity index is 402. The van der Waals surface area contributed by atoms with Crippen LogP contribution >= 0.6 is 0 Å². The Labute approximate surface area is 89.9 Å². The van der Waals surface area contributed by atoms with Crippen molar-refractivity contribution in [3.8, 4) is 0 Å². The van der Waals surface area contributed by atoms with Crippen LogP contribution in [0.5, 0.6) is 0 Å². The Balaban J connectivity index is 3.11. The average Bonchev–Trinajstić information content (AvgIpc) is 2.15. The van der Waals surface area contributed by atoms with Crippen molar-refractivity contribution in [3.63, 3.8) is 0 Å². The molecule has 0 fully saturated rings. The molecule has 0 spiro atoms. The van der Waals surface area contributed by atoms with E-state index in [2.05, 4.69) is 5.32 Å². The fourth-order valence-corrected chi connectivity index (χ4v) is 1.21. The fourth-order valence-electron chi connectivity index (χ4n) is 1.21. The summed E-state index contributed by atoms with van der Waals surface area (Å²) >= 11 is 0. The summed E-state index contributed by atoms with van der Waals surface area (Å²) in [5, 5.41) is 11.2. The molecular weight excluding hydrogens is 223 g/mol. The summed E-state index contributed by atoms with van der Waals surface area (Å²) in [4.78, 5) is 10.7. The minimum absolute atomic E-state index is 0.0324. The van der Waals surface area contributed by atoms with E-state index in [1.54, 1.807) is 0 Å². The molecule has 2 N–H and O–H groups in total. The molecule has 1 rings (SSSR count). The highest BCUT2D eigenvalue weighted by Gasteiger charge is 2.30. The van der Waals surface area contributed by atoms with Gasteiger partial charge in [0.1, 0.15) is 0 Å². The van der Waals surface area contributed by atoms with Gasteiger partial charge < -0.3 is 10.4 Å². The highest BCUT2D eigenvalue weighted by molar-refractivity contribution is 5.89. The number of hydrogen-bond donors (Lipinski definition) is 2. The standard InChI is InChI=1S/C10H10F3NO2/c1-6(16)14-9-3-2-8(10(11,12)13)4-7(9)5-15/h2-4,15H,5H2,1H3,(H,14,16). The van der Waals surface area contributed by atoms with Crippen molar-refractivity contribution < 1.29 is 23.1 Å². The van der Waals surface area contributed by atoms with Crippen LogP contribution in [0.3, 0.4) is 0 Å². The monoisotopic (exact) mass is 233 g/mol. The lowest BCUT2D eigenvalue weighted by Gasteiger charge is -2.12. The number of carbonyl (C=O) groups is 1. The highest BCUT2D eigenvalue weighted by atomic mass is 19.4. The van der Waals surface area contributed by atoms with E-state index in [-0.39, 0.29) is 11.3 Å². The Kier molecular flexibility index (Phi) is 3.54. The van der Waals surface area contributed by atoms with Gasteiger partial charge >= 0.3 is 6.18 Å². The van der Waals surface area contributed by atoms with Crippen molar-refractivity contribution in [2.45, 2.75) is 19.7 Å². The Morgan fingerprint density at radius 3 is 2.50 bits per heavy atom. The zero-order valence-corrected chi connectivity index (χ0v) is 8.43. The zero-order valence-electron chi connectivity index (χ0n) is 8.43. The maximum absolute atomic E-state index is 12.3. The Hall–Kier alpha value is -1.56. The van der Waals surface area contributed by atoms with E-state index in [0.29, 0.717) is 0 Å². The van der Waals surface area contributed by atoms with Crippen molar-refractivity contribution in [1.29, 1.82) is 0 Å². The third-order valence-electron chi connectivity index (χ3n) is 1.91. The molecule has 0 saturated heterocycles. The van der Waals surface area contributed by atoms with E-state index in [0.717, 1.165) is 18.2 Å². The SMILES string of the molecule is CC(=O)Nc1ccc(C(F)(F)F)cc1CO. The van der Waals surface area contributed by atoms with Crippen molar-refractivity contribution in [2.24, 2.45) is 0 Å². The van der Waals surface area contributed by atoms with Crippen LogP contribution in [0.4, 0.5) is 18.9 Å². The minimum atomic E-state index is -4.46. The van der Waals surface area contributed by atoms with Gasteiger partial charge in [0.05, 0.1) is 12.2 Å². The summed E-state index contributed by atoms with van der Waals surface area (Å²) in [6, 6.07) is 2.78. The van der Waals surface area contributed by atoms with E-state index < -0.39 is 24.3 Å². The van der Waals surface area contributed by atoms with Gasteiger partial charge in [-0.1, -0.05) is 0 Å². The molecule has 0 aliphatic carbocycles. The number of hydrogen-bond acceptors (Lipinski definition) is 2. The molecule has 3 nitrogen and oxygen atoms in total. The van der Waals surface area contributed by atoms with Gasteiger partial charge in [0.2, 0.25) is 5.91 Å². The van der Waals surface area contributed by atoms with Crippen molar-refractivity contribution >= 4 is 11.6 Å². The molecule has 0 aliphatic rings. The average molecular weight is 233 g/mol. The molecule has 0 heterocycles. The van der Waals surface area contributed by atoms with Gasteiger partial charge in [0, 0.05) is 18.2 Å². The summed E-state index contributed by atoms with van der Waals surface area (Å²) in [5.74, 6) is -0.408. The number of rotatable bonds is 2. The summed E-state index contributed by atoms with van der Waals surface area (Å²) < 4.78 is 37.0. The first-order chi connectivity index (χ1) is 7.34. The number of carbonyl (C=O) groups excluding carboxylic acids is 1. The summed E-state index contributed by atoms with van der Waals surface area (Å²) in [6.45, 7) is 0.665. The number of anilines is 1. The molecule has 1 amide bonds. The molecule has 0 aliphatic heterocycles. The molecule has 88 valence electrons. The summed E-state index contributed by atoms with van der Waals surface area (Å²) in [5.41, 5.74) is -0.640. The van der Waals surface area contributed by atoms with Crippen LogP contribution in [0.25, 0.3) is 0 Å². The van der Waals surface area contributed by atoms with E-state index in [1.165, 1.54) is 6.92 Å². The van der Waals surface area contributed by atoms with Crippen molar-refractivity contribution in [2.75, 3.05) is 5.32 Å². The lowest BCUT2D eigenvalue weighted by molar-refractivity contribution is -0.137. The van der Waals surface area contributed by atoms with E-state index in [1.807, 2.05) is 0 Å². The summed E-state index contributed by atoms with van der Waals surface area (Å²) in [7, 11) is 0. The van der Waals surface area contributed by atoms with Crippen LogP contribution in [0.1, 0.15) is 18.1 Å². The lowest BCUT2D eigenvalue weighted by Crippen LogP contribution is -2.11. The molecule has 0 atom stereocenters. The van der Waals surface area contributed by atoms with Crippen LogP contribution in [-0.4, -0.2) is 11.0 Å². The third-order valence-corrected chi connectivity index (χ3v) is 1.91. The Morgan fingerprint density at radius 1 is 1.44 bits per heavy atom. The van der Waals surface area contributed by atoms with Gasteiger partial charge in [-0.15, -0.1) is 0 Å². The second kappa shape index (κ2) is 4.52. The summed E-state index contributed by atoms with van der Waals surface area (Å²) in [6.07, 6.45) is -4.46. The second-order valence-electron chi connectivity index (χ2n) is 3.21. The normalized spacial score (nSPS) is 11.3. The van der Waals surface area contributed by atoms with E-state index in [9.17, 15) is 18.0 Å². The van der Waals surface area contributed by atoms with Gasteiger partial charge in [-0.05, 0) is 18.2 Å². The number of aliphatic hydroxyl groups is 1. The van der Waals surface area contributed by atoms with Gasteiger partial charge in [0.25, 0.3) is 0 Å². The first kappa shape index (κ1) is 12.5. The van der Waals surface area contributed by atoms with Gasteiger partial charge in [-0.2, -0.15) is 13.2 Å². The van der Waals surface area contributed by atoms with E-state index in [4.69, 9.17) is 5.11 Å². The smallest absolute Gasteiger partial charge is 0.392 e. The van der Waals surface area contributed by atoms with Gasteiger partial charge in [0.15, 0.2) is 0 Å². The largest absolute Gasteiger partial charge is 0.416 e. The molecule has 0 saturated carbocycles. The first-order valence-corrected chi connectivity index (χ1v) is 4.43. The molecule has 0 unspecified atom stereocenters. The molecule has 1 aromatic carbocycles. The van der Waals surface area contributed by atoms with Crippen LogP contribution in [-0.2, 0) is 17.6 Å². The number of benzene rings is 1. The molecular formula is C10H10F3NO2. The first-order valence-electron chi connectivity index (χ1n) is 4.43. The third kappa shape index (κ3) is 2.96. The zero-order chi connectivity index (χ0) is 12.3. The predicted molar refractivity (Wildman–Crippen MR) is 51.7 cm³/mol. The molecule has 1 aromatic rings. The number of alkyl halides is 3. The Morgan fingerprint density at radius 2 is 2.06 bits per heavy atom. The number of amides is 1. The topological polar surface area (TPSA) is 49.3 Å². The molecule has 16 heavy (non-hydrogen) atoms. The van der Waals surface area contributed by atoms with Gasteiger partial charge in [-0.3, -0.25) is 4.79 Å². The highest BCUT2D eigenvalue weighted by Crippen LogP contribution is 2.31. The lowest BCUT2D eigenvalue weighted by atomic mass is 10.1. The maximum Gasteiger partial charge on any atom is 0.416 e. The number of nitrogens with one attached hydrogen (secondary N) is 1. The van der Waals surface area contributed by atoms with Gasteiger partial charge in [-0.25, -0.2) is 0 Å². The van der Waals surface area contributed by atoms with Crippen molar-refractivity contribution in [1.82, 2.24) is 0 Å². The quantitative estimate of drug-likeness (QED) is 0.822. The van der Waals surface area contributed by atoms with Crippen LogP contribution in [0.15, 0.2) is 18.2 Å². The predicted octanol–water partition coefficient (Wildman–Crippen LogP) is 2.16. The van der Waals surface area contributed by atoms with Crippen molar-refractivity contribution in [3.05, 3.63) is 29.3 Å². The number of halogens is 3. The second-order valence-corrected chi connectivity index (χ2v) is 3.21. The molecule has 0 aromatic heterocycles. The fraction of sp³-hybridized carbons (Fsp3) is 0.300. The van der Waals surface area contributed by atoms with Crippen LogP contribution in [0, 0.1) is 0 Å². The molecule has 0 radical (unpaired) electrons. The van der Waals surface area contributed by atoms with Crippen LogP contribution < -0.4 is 5.32 Å². The van der Waals surface area contributed by atoms with E-state index >= 15 is 0 Å². The maximum atomic E-state index is 12.3.